The van der Waals surface area contributed by atoms with E-state index in [9.17, 15) is 9.59 Å². The normalized spacial score (nSPS) is 14.8. The van der Waals surface area contributed by atoms with Crippen molar-refractivity contribution in [2.45, 2.75) is 20.0 Å². The number of hydrogen-bond donors (Lipinski definition) is 0. The molecule has 1 atom stereocenters. The van der Waals surface area contributed by atoms with Crippen LogP contribution < -0.4 is 18.9 Å². The number of para-hydroxylation sites is 1. The molecule has 1 aliphatic heterocycles. The minimum Gasteiger partial charge on any atom is -0.493 e. The molecule has 0 saturated carbocycles. The average molecular weight is 398 g/mol. The van der Waals surface area contributed by atoms with Crippen LogP contribution in [0.1, 0.15) is 29.8 Å². The first-order chi connectivity index (χ1) is 14.0. The van der Waals surface area contributed by atoms with Crippen molar-refractivity contribution in [3.8, 4) is 23.0 Å². The van der Waals surface area contributed by atoms with E-state index >= 15 is 0 Å². The van der Waals surface area contributed by atoms with E-state index in [1.807, 2.05) is 0 Å². The van der Waals surface area contributed by atoms with Crippen molar-refractivity contribution in [2.24, 2.45) is 0 Å². The van der Waals surface area contributed by atoms with Crippen LogP contribution >= 0.6 is 0 Å². The zero-order valence-corrected chi connectivity index (χ0v) is 16.7. The van der Waals surface area contributed by atoms with Gasteiger partial charge in [-0.1, -0.05) is 12.1 Å². The molecule has 7 nitrogen and oxygen atoms in total. The Morgan fingerprint density at radius 1 is 1.17 bits per heavy atom. The molecule has 7 heteroatoms. The van der Waals surface area contributed by atoms with E-state index in [0.717, 1.165) is 0 Å². The second kappa shape index (κ2) is 8.68. The number of Topliss-reactive ketones (excluding diaryl/α,β-unsaturated/α-hetero) is 1. The molecule has 0 radical (unpaired) electrons. The number of ketones is 1. The topological polar surface area (TPSA) is 80.3 Å². The largest absolute Gasteiger partial charge is 0.493 e. The van der Waals surface area contributed by atoms with Crippen LogP contribution in [0.4, 0.5) is 0 Å². The summed E-state index contributed by atoms with van der Waals surface area (Å²) in [6, 6.07) is 10.2. The first-order valence-electron chi connectivity index (χ1n) is 9.11. The van der Waals surface area contributed by atoms with Gasteiger partial charge in [-0.2, -0.15) is 0 Å². The van der Waals surface area contributed by atoms with Crippen LogP contribution in [0.5, 0.6) is 23.0 Å². The predicted molar refractivity (Wildman–Crippen MR) is 106 cm³/mol. The molecule has 2 aromatic rings. The molecule has 0 bridgehead atoms. The number of allylic oxidation sites excluding steroid dienone is 1. The van der Waals surface area contributed by atoms with Gasteiger partial charge in [-0.25, -0.2) is 4.79 Å². The minimum atomic E-state index is -0.777. The molecule has 0 fully saturated rings. The molecule has 0 N–H and O–H groups in total. The molecule has 1 aliphatic rings. The summed E-state index contributed by atoms with van der Waals surface area (Å²) in [7, 11) is 3.07. The standard InChI is InChI=1S/C22H22O7/c1-5-27-22(24)13(2)28-15-9-10-16-18(12-15)29-19(20(16)23)11-14-7-6-8-17(25-3)21(14)26-4/h6-13H,5H2,1-4H3/t13-/m1/s1. The maximum absolute atomic E-state index is 12.7. The number of hydrogen-bond acceptors (Lipinski definition) is 7. The molecule has 0 amide bonds. The molecule has 3 rings (SSSR count). The molecule has 0 saturated heterocycles. The Morgan fingerprint density at radius 2 is 1.97 bits per heavy atom. The highest BCUT2D eigenvalue weighted by Gasteiger charge is 2.29. The van der Waals surface area contributed by atoms with Gasteiger partial charge in [0.05, 0.1) is 26.4 Å². The first kappa shape index (κ1) is 20.3. The zero-order valence-electron chi connectivity index (χ0n) is 16.7. The average Bonchev–Trinajstić information content (AvgIpc) is 3.02. The molecule has 0 unspecified atom stereocenters. The van der Waals surface area contributed by atoms with Crippen molar-refractivity contribution in [1.29, 1.82) is 0 Å². The van der Waals surface area contributed by atoms with E-state index in [1.165, 1.54) is 7.11 Å². The molecule has 0 aromatic heterocycles. The van der Waals surface area contributed by atoms with E-state index < -0.39 is 12.1 Å². The molecule has 0 spiro atoms. The van der Waals surface area contributed by atoms with Gasteiger partial charge in [-0.3, -0.25) is 4.79 Å². The Morgan fingerprint density at radius 3 is 2.66 bits per heavy atom. The number of carbonyl (C=O) groups excluding carboxylic acids is 2. The summed E-state index contributed by atoms with van der Waals surface area (Å²) >= 11 is 0. The molecule has 2 aromatic carbocycles. The summed E-state index contributed by atoms with van der Waals surface area (Å²) in [6.45, 7) is 3.60. The van der Waals surface area contributed by atoms with Crippen molar-refractivity contribution >= 4 is 17.8 Å². The Kier molecular flexibility index (Phi) is 6.07. The number of benzene rings is 2. The van der Waals surface area contributed by atoms with Crippen LogP contribution in [-0.4, -0.2) is 38.7 Å². The van der Waals surface area contributed by atoms with Gasteiger partial charge in [-0.15, -0.1) is 0 Å². The van der Waals surface area contributed by atoms with Gasteiger partial charge >= 0.3 is 5.97 Å². The number of fused-ring (bicyclic) bond motifs is 1. The van der Waals surface area contributed by atoms with E-state index in [2.05, 4.69) is 0 Å². The van der Waals surface area contributed by atoms with Gasteiger partial charge in [0.2, 0.25) is 5.78 Å². The van der Waals surface area contributed by atoms with Crippen molar-refractivity contribution in [2.75, 3.05) is 20.8 Å². The van der Waals surface area contributed by atoms with Gasteiger partial charge in [-0.05, 0) is 38.1 Å². The Labute approximate surface area is 168 Å². The van der Waals surface area contributed by atoms with Crippen LogP contribution in [0, 0.1) is 0 Å². The van der Waals surface area contributed by atoms with Crippen LogP contribution in [-0.2, 0) is 9.53 Å². The van der Waals surface area contributed by atoms with Gasteiger partial charge < -0.3 is 23.7 Å². The van der Waals surface area contributed by atoms with E-state index in [4.69, 9.17) is 23.7 Å². The fourth-order valence-corrected chi connectivity index (χ4v) is 2.92. The fraction of sp³-hybridized carbons (Fsp3) is 0.273. The maximum atomic E-state index is 12.7. The number of carbonyl (C=O) groups is 2. The van der Waals surface area contributed by atoms with Crippen molar-refractivity contribution < 1.29 is 33.3 Å². The summed E-state index contributed by atoms with van der Waals surface area (Å²) in [4.78, 5) is 24.4. The number of rotatable bonds is 7. The lowest BCUT2D eigenvalue weighted by Gasteiger charge is -2.13. The van der Waals surface area contributed by atoms with Gasteiger partial charge in [0.1, 0.15) is 11.5 Å². The molecule has 152 valence electrons. The Hall–Kier alpha value is -3.48. The molecular formula is C22H22O7. The molecule has 0 aliphatic carbocycles. The van der Waals surface area contributed by atoms with Gasteiger partial charge in [0.15, 0.2) is 23.4 Å². The van der Waals surface area contributed by atoms with Gasteiger partial charge in [0.25, 0.3) is 0 Å². The van der Waals surface area contributed by atoms with E-state index in [0.29, 0.717) is 34.1 Å². The van der Waals surface area contributed by atoms with Crippen molar-refractivity contribution in [3.05, 3.63) is 53.3 Å². The van der Waals surface area contributed by atoms with E-state index in [1.54, 1.807) is 63.4 Å². The zero-order chi connectivity index (χ0) is 21.0. The summed E-state index contributed by atoms with van der Waals surface area (Å²) in [5, 5.41) is 0. The third kappa shape index (κ3) is 4.18. The molecular weight excluding hydrogens is 376 g/mol. The van der Waals surface area contributed by atoms with Crippen molar-refractivity contribution in [1.82, 2.24) is 0 Å². The highest BCUT2D eigenvalue weighted by atomic mass is 16.6. The van der Waals surface area contributed by atoms with Crippen LogP contribution in [0.2, 0.25) is 0 Å². The number of ether oxygens (including phenoxy) is 5. The SMILES string of the molecule is CCOC(=O)[C@@H](C)Oc1ccc2c(c1)OC(=Cc1cccc(OC)c1OC)C2=O. The third-order valence-corrected chi connectivity index (χ3v) is 4.29. The van der Waals surface area contributed by atoms with Crippen LogP contribution in [0.3, 0.4) is 0 Å². The Bertz CT molecular complexity index is 962. The highest BCUT2D eigenvalue weighted by Crippen LogP contribution is 2.37. The van der Waals surface area contributed by atoms with Crippen molar-refractivity contribution in [3.63, 3.8) is 0 Å². The summed E-state index contributed by atoms with van der Waals surface area (Å²) in [5.74, 6) is 1.25. The smallest absolute Gasteiger partial charge is 0.347 e. The lowest BCUT2D eigenvalue weighted by molar-refractivity contribution is -0.150. The van der Waals surface area contributed by atoms with Crippen LogP contribution in [0.15, 0.2) is 42.2 Å². The maximum Gasteiger partial charge on any atom is 0.347 e. The number of methoxy groups -OCH3 is 2. The summed E-state index contributed by atoms with van der Waals surface area (Å²) in [5.41, 5.74) is 1.06. The predicted octanol–water partition coefficient (Wildman–Crippen LogP) is 3.65. The minimum absolute atomic E-state index is 0.155. The van der Waals surface area contributed by atoms with Gasteiger partial charge in [0, 0.05) is 11.6 Å². The lowest BCUT2D eigenvalue weighted by Crippen LogP contribution is -2.26. The quantitative estimate of drug-likeness (QED) is 0.520. The third-order valence-electron chi connectivity index (χ3n) is 4.29. The first-order valence-corrected chi connectivity index (χ1v) is 9.11. The second-order valence-electron chi connectivity index (χ2n) is 6.19. The molecule has 1 heterocycles. The number of esters is 1. The second-order valence-corrected chi connectivity index (χ2v) is 6.19. The Balaban J connectivity index is 1.84. The highest BCUT2D eigenvalue weighted by molar-refractivity contribution is 6.14. The molecule has 29 heavy (non-hydrogen) atoms. The van der Waals surface area contributed by atoms with Crippen LogP contribution in [0.25, 0.3) is 6.08 Å². The fourth-order valence-electron chi connectivity index (χ4n) is 2.92. The summed E-state index contributed by atoms with van der Waals surface area (Å²) in [6.07, 6.45) is 0.826. The monoisotopic (exact) mass is 398 g/mol. The van der Waals surface area contributed by atoms with E-state index in [-0.39, 0.29) is 18.1 Å². The summed E-state index contributed by atoms with van der Waals surface area (Å²) < 4.78 is 26.9. The lowest BCUT2D eigenvalue weighted by atomic mass is 10.1.